The monoisotopic (exact) mass is 455 g/mol. The highest BCUT2D eigenvalue weighted by atomic mass is 32.2. The number of aromatic amines is 1. The Morgan fingerprint density at radius 2 is 1.78 bits per heavy atom. The van der Waals surface area contributed by atoms with E-state index >= 15 is 0 Å². The Morgan fingerprint density at radius 1 is 1.12 bits per heavy atom. The van der Waals surface area contributed by atoms with Crippen molar-refractivity contribution >= 4 is 33.1 Å². The summed E-state index contributed by atoms with van der Waals surface area (Å²) in [6.07, 6.45) is 0.654. The molecule has 4 rings (SSSR count). The van der Waals surface area contributed by atoms with Crippen molar-refractivity contribution in [1.29, 1.82) is 0 Å². The maximum absolute atomic E-state index is 11.5. The van der Waals surface area contributed by atoms with Gasteiger partial charge in [-0.2, -0.15) is 0 Å². The minimum Gasteiger partial charge on any atom is -0.494 e. The lowest BCUT2D eigenvalue weighted by molar-refractivity contribution is 0.291. The van der Waals surface area contributed by atoms with Crippen LogP contribution < -0.4 is 9.47 Å². The highest BCUT2D eigenvalue weighted by Gasteiger charge is 2.19. The number of benzene rings is 2. The van der Waals surface area contributed by atoms with Crippen LogP contribution in [0.2, 0.25) is 0 Å². The second-order valence-electron chi connectivity index (χ2n) is 7.80. The second kappa shape index (κ2) is 9.75. The minimum absolute atomic E-state index is 0.0787. The molecule has 8 heteroatoms. The van der Waals surface area contributed by atoms with Crippen molar-refractivity contribution in [3.05, 3.63) is 47.5 Å². The fraction of sp³-hybridized carbons (Fsp3) is 0.375. The zero-order valence-corrected chi connectivity index (χ0v) is 19.5. The molecular weight excluding hydrogens is 426 g/mol. The van der Waals surface area contributed by atoms with Gasteiger partial charge in [-0.05, 0) is 30.2 Å². The van der Waals surface area contributed by atoms with Gasteiger partial charge in [0.1, 0.15) is 0 Å². The van der Waals surface area contributed by atoms with Gasteiger partial charge in [-0.3, -0.25) is 14.1 Å². The van der Waals surface area contributed by atoms with Crippen LogP contribution in [0.5, 0.6) is 17.4 Å². The first-order valence-electron chi connectivity index (χ1n) is 10.7. The summed E-state index contributed by atoms with van der Waals surface area (Å²) < 4.78 is 22.4. The summed E-state index contributed by atoms with van der Waals surface area (Å²) in [5, 5.41) is 11.5. The number of hydrogen-bond donors (Lipinski definition) is 2. The zero-order chi connectivity index (χ0) is 22.7. The van der Waals surface area contributed by atoms with Crippen LogP contribution in [0.3, 0.4) is 0 Å². The molecule has 0 amide bonds. The number of H-pyrrole nitrogens is 1. The molecular formula is C24H29N3O4S. The highest BCUT2D eigenvalue weighted by molar-refractivity contribution is 7.85. The molecule has 32 heavy (non-hydrogen) atoms. The van der Waals surface area contributed by atoms with Gasteiger partial charge in [0.25, 0.3) is 0 Å². The van der Waals surface area contributed by atoms with Gasteiger partial charge >= 0.3 is 0 Å². The summed E-state index contributed by atoms with van der Waals surface area (Å²) in [5.74, 6) is 2.79. The predicted molar refractivity (Wildman–Crippen MR) is 129 cm³/mol. The fourth-order valence-corrected chi connectivity index (χ4v) is 5.16. The Balaban J connectivity index is 1.61. The predicted octanol–water partition coefficient (Wildman–Crippen LogP) is 3.99. The maximum Gasteiger partial charge on any atom is 0.198 e. The molecule has 0 bridgehead atoms. The van der Waals surface area contributed by atoms with Crippen molar-refractivity contribution in [3.63, 3.8) is 0 Å². The van der Waals surface area contributed by atoms with Gasteiger partial charge in [-0.1, -0.05) is 19.1 Å². The van der Waals surface area contributed by atoms with Crippen LogP contribution in [0.4, 0.5) is 5.69 Å². The standard InChI is InChI=1S/C24H29N3O4S/c1-4-19(23-18-13-21(30-2)22(31-3)14-20(18)26-24(23)28)25-17-7-5-16(6-8-17)15-27-9-11-32(29)12-10-27/h5-8,13-14,26,28H,4,9-12,15H2,1-3H3. The SMILES string of the molecule is CCC(=Nc1ccc(CN2CCS(=O)CC2)cc1)c1c(O)[nH]c2cc(OC)c(OC)cc12. The van der Waals surface area contributed by atoms with Gasteiger partial charge in [0.15, 0.2) is 17.4 Å². The van der Waals surface area contributed by atoms with Crippen LogP contribution in [-0.4, -0.2) is 63.7 Å². The summed E-state index contributed by atoms with van der Waals surface area (Å²) in [6.45, 7) is 4.63. The molecule has 0 radical (unpaired) electrons. The molecule has 1 aliphatic heterocycles. The van der Waals surface area contributed by atoms with Crippen LogP contribution >= 0.6 is 0 Å². The van der Waals surface area contributed by atoms with Crippen molar-refractivity contribution in [2.24, 2.45) is 4.99 Å². The van der Waals surface area contributed by atoms with Gasteiger partial charge in [-0.15, -0.1) is 0 Å². The first-order chi connectivity index (χ1) is 15.5. The Kier molecular flexibility index (Phi) is 6.81. The number of aromatic nitrogens is 1. The third kappa shape index (κ3) is 4.66. The third-order valence-corrected chi connectivity index (χ3v) is 7.06. The third-order valence-electron chi connectivity index (χ3n) is 5.78. The van der Waals surface area contributed by atoms with Gasteiger partial charge < -0.3 is 19.6 Å². The number of aliphatic imine (C=N–C) groups is 1. The summed E-state index contributed by atoms with van der Waals surface area (Å²) in [7, 11) is 2.52. The summed E-state index contributed by atoms with van der Waals surface area (Å²) in [4.78, 5) is 10.2. The number of hydrogen-bond acceptors (Lipinski definition) is 6. The van der Waals surface area contributed by atoms with Crippen molar-refractivity contribution in [3.8, 4) is 17.4 Å². The number of nitrogens with one attached hydrogen (secondary N) is 1. The maximum atomic E-state index is 11.5. The molecule has 0 aliphatic carbocycles. The Morgan fingerprint density at radius 3 is 2.41 bits per heavy atom. The highest BCUT2D eigenvalue weighted by Crippen LogP contribution is 2.37. The topological polar surface area (TPSA) is 87.2 Å². The van der Waals surface area contributed by atoms with E-state index in [4.69, 9.17) is 14.5 Å². The largest absolute Gasteiger partial charge is 0.494 e. The molecule has 0 atom stereocenters. The summed E-state index contributed by atoms with van der Waals surface area (Å²) in [5.41, 5.74) is 4.26. The molecule has 7 nitrogen and oxygen atoms in total. The number of ether oxygens (including phenoxy) is 2. The van der Waals surface area contributed by atoms with Crippen molar-refractivity contribution < 1.29 is 18.8 Å². The molecule has 0 spiro atoms. The molecule has 0 unspecified atom stereocenters. The van der Waals surface area contributed by atoms with Crippen molar-refractivity contribution in [2.75, 3.05) is 38.8 Å². The van der Waals surface area contributed by atoms with E-state index in [1.165, 1.54) is 5.56 Å². The number of fused-ring (bicyclic) bond motifs is 1. The molecule has 1 aliphatic rings. The lowest BCUT2D eigenvalue weighted by atomic mass is 10.1. The van der Waals surface area contributed by atoms with Gasteiger partial charge in [0, 0.05) is 53.4 Å². The van der Waals surface area contributed by atoms with Gasteiger partial charge in [0.05, 0.1) is 36.7 Å². The molecule has 0 saturated carbocycles. The average molecular weight is 456 g/mol. The number of aromatic hydroxyl groups is 1. The molecule has 2 N–H and O–H groups in total. The normalized spacial score (nSPS) is 15.9. The summed E-state index contributed by atoms with van der Waals surface area (Å²) >= 11 is 0. The minimum atomic E-state index is -0.659. The van der Waals surface area contributed by atoms with Crippen LogP contribution in [0.1, 0.15) is 24.5 Å². The lowest BCUT2D eigenvalue weighted by Gasteiger charge is -2.26. The molecule has 1 aromatic heterocycles. The zero-order valence-electron chi connectivity index (χ0n) is 18.7. The molecule has 2 aromatic carbocycles. The van der Waals surface area contributed by atoms with Crippen LogP contribution in [0.15, 0.2) is 41.4 Å². The van der Waals surface area contributed by atoms with E-state index in [0.29, 0.717) is 23.5 Å². The number of methoxy groups -OCH3 is 2. The van der Waals surface area contributed by atoms with E-state index < -0.39 is 10.8 Å². The van der Waals surface area contributed by atoms with Crippen LogP contribution in [-0.2, 0) is 17.3 Å². The molecule has 1 saturated heterocycles. The molecule has 2 heterocycles. The van der Waals surface area contributed by atoms with Crippen LogP contribution in [0, 0.1) is 0 Å². The lowest BCUT2D eigenvalue weighted by Crippen LogP contribution is -2.37. The Labute approximate surface area is 190 Å². The average Bonchev–Trinajstić information content (AvgIpc) is 3.13. The first-order valence-corrected chi connectivity index (χ1v) is 12.2. The van der Waals surface area contributed by atoms with E-state index in [2.05, 4.69) is 22.0 Å². The fourth-order valence-electron chi connectivity index (χ4n) is 4.03. The summed E-state index contributed by atoms with van der Waals surface area (Å²) in [6, 6.07) is 11.8. The number of rotatable bonds is 7. The second-order valence-corrected chi connectivity index (χ2v) is 9.50. The Hall–Kier alpha value is -2.84. The smallest absolute Gasteiger partial charge is 0.198 e. The molecule has 3 aromatic rings. The first kappa shape index (κ1) is 22.4. The molecule has 1 fully saturated rings. The van der Waals surface area contributed by atoms with Gasteiger partial charge in [-0.25, -0.2) is 0 Å². The number of nitrogens with zero attached hydrogens (tertiary/aromatic N) is 2. The van der Waals surface area contributed by atoms with E-state index in [-0.39, 0.29) is 5.88 Å². The molecule has 170 valence electrons. The van der Waals surface area contributed by atoms with Gasteiger partial charge in [0.2, 0.25) is 0 Å². The van der Waals surface area contributed by atoms with Crippen molar-refractivity contribution in [1.82, 2.24) is 9.88 Å². The van der Waals surface area contributed by atoms with E-state index in [1.54, 1.807) is 14.2 Å². The van der Waals surface area contributed by atoms with E-state index in [9.17, 15) is 9.32 Å². The quantitative estimate of drug-likeness (QED) is 0.526. The van der Waals surface area contributed by atoms with E-state index in [1.807, 2.05) is 31.2 Å². The Bertz CT molecular complexity index is 1140. The van der Waals surface area contributed by atoms with E-state index in [0.717, 1.165) is 53.4 Å². The van der Waals surface area contributed by atoms with Crippen molar-refractivity contribution in [2.45, 2.75) is 19.9 Å². The van der Waals surface area contributed by atoms with Crippen LogP contribution in [0.25, 0.3) is 10.9 Å².